The number of rotatable bonds is 6. The lowest BCUT2D eigenvalue weighted by Crippen LogP contribution is -2.34. The Bertz CT molecular complexity index is 965. The topological polar surface area (TPSA) is 62.3 Å². The van der Waals surface area contributed by atoms with Gasteiger partial charge >= 0.3 is 0 Å². The Kier molecular flexibility index (Phi) is 6.21. The number of nitrogens with one attached hydrogen (secondary N) is 1. The summed E-state index contributed by atoms with van der Waals surface area (Å²) in [6.07, 6.45) is 0.784. The van der Waals surface area contributed by atoms with Crippen LogP contribution >= 0.6 is 11.3 Å². The fraction of sp³-hybridized carbons (Fsp3) is 0.227. The highest BCUT2D eigenvalue weighted by Gasteiger charge is 2.16. The normalized spacial score (nSPS) is 10.5. The number of aromatic nitrogens is 1. The van der Waals surface area contributed by atoms with E-state index in [1.807, 2.05) is 13.0 Å². The predicted molar refractivity (Wildman–Crippen MR) is 113 cm³/mol. The van der Waals surface area contributed by atoms with Crippen molar-refractivity contribution in [3.05, 3.63) is 81.9 Å². The molecule has 2 aromatic carbocycles. The Hall–Kier alpha value is -2.99. The molecule has 0 saturated heterocycles. The zero-order valence-corrected chi connectivity index (χ0v) is 17.0. The second-order valence-electron chi connectivity index (χ2n) is 6.77. The molecule has 0 unspecified atom stereocenters. The van der Waals surface area contributed by atoms with Crippen LogP contribution in [0.15, 0.2) is 54.6 Å². The third kappa shape index (κ3) is 5.04. The fourth-order valence-corrected chi connectivity index (χ4v) is 3.80. The molecule has 0 aliphatic rings. The Morgan fingerprint density at radius 1 is 1.04 bits per heavy atom. The van der Waals surface area contributed by atoms with Crippen molar-refractivity contribution in [2.75, 3.05) is 18.9 Å². The van der Waals surface area contributed by atoms with Crippen molar-refractivity contribution in [1.82, 2.24) is 9.88 Å². The number of carbonyl (C=O) groups excluding carboxylic acids is 2. The minimum atomic E-state index is -0.262. The van der Waals surface area contributed by atoms with Gasteiger partial charge in [0.25, 0.3) is 5.91 Å². The average molecular weight is 394 g/mol. The van der Waals surface area contributed by atoms with Crippen LogP contribution in [0.5, 0.6) is 0 Å². The summed E-state index contributed by atoms with van der Waals surface area (Å²) in [6.45, 7) is 3.98. The molecular formula is C22H23N3O2S. The van der Waals surface area contributed by atoms with Crippen LogP contribution in [0, 0.1) is 13.8 Å². The maximum Gasteiger partial charge on any atom is 0.254 e. The number of benzene rings is 2. The van der Waals surface area contributed by atoms with E-state index in [1.165, 1.54) is 27.4 Å². The van der Waals surface area contributed by atoms with Crippen molar-refractivity contribution >= 4 is 28.3 Å². The Balaban J connectivity index is 1.60. The van der Waals surface area contributed by atoms with Crippen molar-refractivity contribution in [2.45, 2.75) is 20.3 Å². The minimum Gasteiger partial charge on any atom is -0.332 e. The maximum absolute atomic E-state index is 12.4. The number of nitrogens with zero attached hydrogens (tertiary/aromatic N) is 2. The number of aryl methyl sites for hydroxylation is 2. The van der Waals surface area contributed by atoms with E-state index in [4.69, 9.17) is 0 Å². The van der Waals surface area contributed by atoms with Gasteiger partial charge in [-0.3, -0.25) is 9.59 Å². The van der Waals surface area contributed by atoms with E-state index >= 15 is 0 Å². The van der Waals surface area contributed by atoms with Crippen LogP contribution in [0.4, 0.5) is 5.13 Å². The molecule has 1 aromatic heterocycles. The summed E-state index contributed by atoms with van der Waals surface area (Å²) in [6, 6.07) is 17.3. The van der Waals surface area contributed by atoms with Gasteiger partial charge in [0.1, 0.15) is 0 Å². The van der Waals surface area contributed by atoms with Gasteiger partial charge < -0.3 is 10.2 Å². The summed E-state index contributed by atoms with van der Waals surface area (Å²) in [5, 5.41) is 3.37. The highest BCUT2D eigenvalue weighted by Crippen LogP contribution is 2.25. The Labute approximate surface area is 169 Å². The highest BCUT2D eigenvalue weighted by atomic mass is 32.1. The van der Waals surface area contributed by atoms with E-state index in [2.05, 4.69) is 41.5 Å². The number of anilines is 1. The maximum atomic E-state index is 12.4. The van der Waals surface area contributed by atoms with Gasteiger partial charge in [-0.1, -0.05) is 48.0 Å². The van der Waals surface area contributed by atoms with Crippen LogP contribution in [-0.4, -0.2) is 35.3 Å². The molecule has 0 aliphatic heterocycles. The molecule has 1 heterocycles. The quantitative estimate of drug-likeness (QED) is 0.687. The molecule has 0 aliphatic carbocycles. The van der Waals surface area contributed by atoms with E-state index in [-0.39, 0.29) is 18.4 Å². The molecule has 0 saturated carbocycles. The zero-order valence-electron chi connectivity index (χ0n) is 16.2. The van der Waals surface area contributed by atoms with Crippen LogP contribution < -0.4 is 5.32 Å². The SMILES string of the molecule is Cc1ccc(Cc2sc(NC(=O)CN(C)C(=O)c3ccccc3)nc2C)cc1. The first-order valence-electron chi connectivity index (χ1n) is 9.04. The molecule has 28 heavy (non-hydrogen) atoms. The first kappa shape index (κ1) is 19.8. The molecule has 6 heteroatoms. The van der Waals surface area contributed by atoms with Crippen molar-refractivity contribution in [1.29, 1.82) is 0 Å². The summed E-state index contributed by atoms with van der Waals surface area (Å²) < 4.78 is 0. The largest absolute Gasteiger partial charge is 0.332 e. The van der Waals surface area contributed by atoms with E-state index < -0.39 is 0 Å². The second-order valence-corrected chi connectivity index (χ2v) is 7.85. The second kappa shape index (κ2) is 8.80. The van der Waals surface area contributed by atoms with Crippen molar-refractivity contribution in [2.24, 2.45) is 0 Å². The van der Waals surface area contributed by atoms with Gasteiger partial charge in [-0.25, -0.2) is 4.98 Å². The molecule has 0 atom stereocenters. The van der Waals surface area contributed by atoms with E-state index in [0.717, 1.165) is 17.0 Å². The molecule has 144 valence electrons. The minimum absolute atomic E-state index is 0.0281. The van der Waals surface area contributed by atoms with Crippen LogP contribution in [0.3, 0.4) is 0 Å². The number of carbonyl (C=O) groups is 2. The van der Waals surface area contributed by atoms with Gasteiger partial charge in [-0.2, -0.15) is 0 Å². The lowest BCUT2D eigenvalue weighted by Gasteiger charge is -2.16. The summed E-state index contributed by atoms with van der Waals surface area (Å²) >= 11 is 1.47. The molecule has 0 radical (unpaired) electrons. The Morgan fingerprint density at radius 2 is 1.71 bits per heavy atom. The van der Waals surface area contributed by atoms with Crippen molar-refractivity contribution < 1.29 is 9.59 Å². The predicted octanol–water partition coefficient (Wildman–Crippen LogP) is 4.06. The monoisotopic (exact) mass is 393 g/mol. The Morgan fingerprint density at radius 3 is 2.39 bits per heavy atom. The standard InChI is InChI=1S/C22H23N3O2S/c1-15-9-11-17(12-10-15)13-19-16(2)23-22(28-19)24-20(26)14-25(3)21(27)18-7-5-4-6-8-18/h4-12H,13-14H2,1-3H3,(H,23,24,26). The third-order valence-corrected chi connectivity index (χ3v) is 5.45. The van der Waals surface area contributed by atoms with Gasteiger partial charge in [0.2, 0.25) is 5.91 Å². The average Bonchev–Trinajstić information content (AvgIpc) is 3.02. The van der Waals surface area contributed by atoms with Crippen LogP contribution in [0.1, 0.15) is 32.1 Å². The first-order chi connectivity index (χ1) is 13.4. The van der Waals surface area contributed by atoms with E-state index in [1.54, 1.807) is 31.3 Å². The van der Waals surface area contributed by atoms with E-state index in [9.17, 15) is 9.59 Å². The summed E-state index contributed by atoms with van der Waals surface area (Å²) in [7, 11) is 1.62. The molecule has 0 fully saturated rings. The molecule has 5 nitrogen and oxygen atoms in total. The van der Waals surface area contributed by atoms with Crippen LogP contribution in [0.2, 0.25) is 0 Å². The van der Waals surface area contributed by atoms with Gasteiger partial charge in [0.05, 0.1) is 12.2 Å². The fourth-order valence-electron chi connectivity index (χ4n) is 2.78. The van der Waals surface area contributed by atoms with Gasteiger partial charge in [0, 0.05) is 23.9 Å². The van der Waals surface area contributed by atoms with E-state index in [0.29, 0.717) is 10.7 Å². The summed E-state index contributed by atoms with van der Waals surface area (Å²) in [4.78, 5) is 31.7. The number of amides is 2. The molecular weight excluding hydrogens is 370 g/mol. The van der Waals surface area contributed by atoms with Gasteiger partial charge in [0.15, 0.2) is 5.13 Å². The highest BCUT2D eigenvalue weighted by molar-refractivity contribution is 7.15. The van der Waals surface area contributed by atoms with Crippen molar-refractivity contribution in [3.63, 3.8) is 0 Å². The molecule has 0 spiro atoms. The smallest absolute Gasteiger partial charge is 0.254 e. The number of hydrogen-bond donors (Lipinski definition) is 1. The first-order valence-corrected chi connectivity index (χ1v) is 9.86. The zero-order chi connectivity index (χ0) is 20.1. The lowest BCUT2D eigenvalue weighted by molar-refractivity contribution is -0.116. The van der Waals surface area contributed by atoms with Crippen LogP contribution in [-0.2, 0) is 11.2 Å². The number of hydrogen-bond acceptors (Lipinski definition) is 4. The van der Waals surface area contributed by atoms with Crippen LogP contribution in [0.25, 0.3) is 0 Å². The molecule has 1 N–H and O–H groups in total. The van der Waals surface area contributed by atoms with Gasteiger partial charge in [-0.15, -0.1) is 11.3 Å². The number of likely N-dealkylation sites (N-methyl/N-ethyl adjacent to an activating group) is 1. The molecule has 0 bridgehead atoms. The summed E-state index contributed by atoms with van der Waals surface area (Å²) in [5.41, 5.74) is 3.91. The van der Waals surface area contributed by atoms with Crippen molar-refractivity contribution in [3.8, 4) is 0 Å². The van der Waals surface area contributed by atoms with Gasteiger partial charge in [-0.05, 0) is 31.5 Å². The molecule has 3 rings (SSSR count). The number of thiazole rings is 1. The molecule has 3 aromatic rings. The third-order valence-electron chi connectivity index (χ3n) is 4.37. The lowest BCUT2D eigenvalue weighted by atomic mass is 10.1. The molecule has 2 amide bonds. The summed E-state index contributed by atoms with van der Waals surface area (Å²) in [5.74, 6) is -0.450.